The quantitative estimate of drug-likeness (QED) is 0.141. The van der Waals surface area contributed by atoms with Crippen LogP contribution in [0, 0.1) is 0 Å². The van der Waals surface area contributed by atoms with Gasteiger partial charge in [0, 0.05) is 27.4 Å². The van der Waals surface area contributed by atoms with Crippen LogP contribution in [0.15, 0.2) is 0 Å². The molecule has 0 aromatic heterocycles. The summed E-state index contributed by atoms with van der Waals surface area (Å²) in [6, 6.07) is 0.936. The van der Waals surface area contributed by atoms with E-state index >= 15 is 0 Å². The molecule has 1 saturated carbocycles. The number of rotatable bonds is 12. The molecule has 0 atom stereocenters. The molecule has 0 bridgehead atoms. The molecule has 0 aromatic carbocycles. The summed E-state index contributed by atoms with van der Waals surface area (Å²) >= 11 is 35.3. The fourth-order valence-electron chi connectivity index (χ4n) is 3.09. The summed E-state index contributed by atoms with van der Waals surface area (Å²) in [7, 11) is 2.75. The van der Waals surface area contributed by atoms with Crippen LogP contribution in [0.4, 0.5) is 0 Å². The number of hydrogen-bond donors (Lipinski definition) is 0. The minimum atomic E-state index is -2.30. The number of alkyl halides is 6. The first kappa shape index (κ1) is 30.8. The Labute approximate surface area is 208 Å². The molecule has 0 unspecified atom stereocenters. The van der Waals surface area contributed by atoms with Gasteiger partial charge in [-0.15, -0.1) is 69.6 Å². The predicted molar refractivity (Wildman–Crippen MR) is 132 cm³/mol. The summed E-state index contributed by atoms with van der Waals surface area (Å²) in [4.78, 5) is 0. The van der Waals surface area contributed by atoms with E-state index in [4.69, 9.17) is 82.9 Å². The molecule has 0 amide bonds. The highest BCUT2D eigenvalue weighted by atomic mass is 35.5. The van der Waals surface area contributed by atoms with Crippen LogP contribution < -0.4 is 0 Å². The van der Waals surface area contributed by atoms with E-state index in [2.05, 4.69) is 6.92 Å². The molecule has 0 aromatic rings. The molecule has 1 rings (SSSR count). The molecule has 1 fully saturated rings. The van der Waals surface area contributed by atoms with Crippen molar-refractivity contribution in [3.05, 3.63) is 0 Å². The van der Waals surface area contributed by atoms with Gasteiger partial charge in [0.2, 0.25) is 0 Å². The van der Waals surface area contributed by atoms with Gasteiger partial charge in [-0.05, 0) is 6.42 Å². The molecule has 0 N–H and O–H groups in total. The lowest BCUT2D eigenvalue weighted by molar-refractivity contribution is 0.122. The molecular formula is C19H36Cl6O3Si. The average Bonchev–Trinajstić information content (AvgIpc) is 2.75. The van der Waals surface area contributed by atoms with Crippen molar-refractivity contribution >= 4 is 78.4 Å². The number of unbranched alkanes of at least 4 members (excludes halogenated alkanes) is 7. The molecular weight excluding hydrogens is 517 g/mol. The normalized spacial score (nSPS) is 30.0. The lowest BCUT2D eigenvalue weighted by Gasteiger charge is -2.37. The zero-order valence-electron chi connectivity index (χ0n) is 17.8. The molecule has 3 nitrogen and oxygen atoms in total. The Morgan fingerprint density at radius 2 is 0.793 bits per heavy atom. The fourth-order valence-corrected chi connectivity index (χ4v) is 7.21. The SMILES string of the molecule is CCCCCCCCCC[Si](OC)(OC)OC.Cl[C@H]1[C@H](Cl)[C@@H](Cl)[C@@H](Cl)[C@H](Cl)[C@H]1Cl. The maximum absolute atomic E-state index is 5.88. The van der Waals surface area contributed by atoms with Crippen molar-refractivity contribution < 1.29 is 13.3 Å². The zero-order valence-corrected chi connectivity index (χ0v) is 23.4. The van der Waals surface area contributed by atoms with Crippen LogP contribution in [0.1, 0.15) is 58.3 Å². The summed E-state index contributed by atoms with van der Waals surface area (Å²) in [5.41, 5.74) is 0. The molecule has 1 aliphatic rings. The monoisotopic (exact) mass is 550 g/mol. The van der Waals surface area contributed by atoms with Gasteiger partial charge >= 0.3 is 8.80 Å². The third-order valence-electron chi connectivity index (χ3n) is 5.09. The summed E-state index contributed by atoms with van der Waals surface area (Å²) in [5.74, 6) is 0. The van der Waals surface area contributed by atoms with E-state index in [1.165, 1.54) is 44.9 Å². The fraction of sp³-hybridized carbons (Fsp3) is 1.00. The minimum absolute atomic E-state index is 0.437. The number of halogens is 6. The summed E-state index contributed by atoms with van der Waals surface area (Å²) in [6.45, 7) is 2.25. The third-order valence-corrected chi connectivity index (χ3v) is 12.0. The van der Waals surface area contributed by atoms with Gasteiger partial charge in [-0.2, -0.15) is 0 Å². The van der Waals surface area contributed by atoms with Crippen LogP contribution in [-0.4, -0.2) is 62.4 Å². The largest absolute Gasteiger partial charge is 0.500 e. The van der Waals surface area contributed by atoms with Crippen LogP contribution in [-0.2, 0) is 13.3 Å². The highest BCUT2D eigenvalue weighted by Gasteiger charge is 2.46. The van der Waals surface area contributed by atoms with E-state index in [0.717, 1.165) is 12.5 Å². The Balaban J connectivity index is 0.000000571. The van der Waals surface area contributed by atoms with Crippen molar-refractivity contribution in [3.8, 4) is 0 Å². The van der Waals surface area contributed by atoms with Crippen molar-refractivity contribution in [1.29, 1.82) is 0 Å². The van der Waals surface area contributed by atoms with E-state index in [-0.39, 0.29) is 0 Å². The Bertz CT molecular complexity index is 339. The van der Waals surface area contributed by atoms with Gasteiger partial charge in [0.05, 0.1) is 32.3 Å². The van der Waals surface area contributed by atoms with E-state index in [0.29, 0.717) is 0 Å². The molecule has 10 heteroatoms. The molecule has 29 heavy (non-hydrogen) atoms. The Kier molecular flexibility index (Phi) is 18.4. The van der Waals surface area contributed by atoms with Gasteiger partial charge in [0.1, 0.15) is 0 Å². The molecule has 0 spiro atoms. The minimum Gasteiger partial charge on any atom is -0.377 e. The van der Waals surface area contributed by atoms with Crippen molar-refractivity contribution in [3.63, 3.8) is 0 Å². The zero-order chi connectivity index (χ0) is 22.4. The maximum atomic E-state index is 5.88. The lowest BCUT2D eigenvalue weighted by Crippen LogP contribution is -2.52. The van der Waals surface area contributed by atoms with E-state index in [1.807, 2.05) is 0 Å². The molecule has 0 saturated heterocycles. The predicted octanol–water partition coefficient (Wildman–Crippen LogP) is 7.65. The van der Waals surface area contributed by atoms with Crippen LogP contribution in [0.5, 0.6) is 0 Å². The number of hydrogen-bond acceptors (Lipinski definition) is 3. The van der Waals surface area contributed by atoms with Crippen molar-refractivity contribution in [2.45, 2.75) is 96.6 Å². The highest BCUT2D eigenvalue weighted by molar-refractivity contribution is 6.60. The second-order valence-electron chi connectivity index (χ2n) is 7.19. The second kappa shape index (κ2) is 17.3. The summed E-state index contributed by atoms with van der Waals surface area (Å²) < 4.78 is 16.2. The molecule has 0 heterocycles. The molecule has 0 aliphatic heterocycles. The third kappa shape index (κ3) is 11.0. The lowest BCUT2D eigenvalue weighted by atomic mass is 9.97. The van der Waals surface area contributed by atoms with E-state index in [1.54, 1.807) is 21.3 Å². The Morgan fingerprint density at radius 1 is 0.517 bits per heavy atom. The first-order valence-electron chi connectivity index (χ1n) is 10.2. The van der Waals surface area contributed by atoms with Gasteiger partial charge in [0.25, 0.3) is 0 Å². The molecule has 0 radical (unpaired) electrons. The Morgan fingerprint density at radius 3 is 1.07 bits per heavy atom. The molecule has 176 valence electrons. The second-order valence-corrected chi connectivity index (χ2v) is 13.3. The van der Waals surface area contributed by atoms with Gasteiger partial charge in [-0.25, -0.2) is 0 Å². The van der Waals surface area contributed by atoms with Crippen molar-refractivity contribution in [2.75, 3.05) is 21.3 Å². The van der Waals surface area contributed by atoms with Crippen LogP contribution in [0.2, 0.25) is 6.04 Å². The van der Waals surface area contributed by atoms with E-state index in [9.17, 15) is 0 Å². The van der Waals surface area contributed by atoms with Crippen molar-refractivity contribution in [1.82, 2.24) is 0 Å². The van der Waals surface area contributed by atoms with Crippen LogP contribution in [0.25, 0.3) is 0 Å². The first-order chi connectivity index (χ1) is 13.7. The maximum Gasteiger partial charge on any atom is 0.500 e. The molecule has 1 aliphatic carbocycles. The van der Waals surface area contributed by atoms with Gasteiger partial charge in [-0.3, -0.25) is 0 Å². The topological polar surface area (TPSA) is 27.7 Å². The van der Waals surface area contributed by atoms with E-state index < -0.39 is 41.1 Å². The first-order valence-corrected chi connectivity index (χ1v) is 14.8. The summed E-state index contributed by atoms with van der Waals surface area (Å²) in [5, 5.41) is -2.62. The van der Waals surface area contributed by atoms with Crippen LogP contribution in [0.3, 0.4) is 0 Å². The summed E-state index contributed by atoms with van der Waals surface area (Å²) in [6.07, 6.45) is 10.6. The van der Waals surface area contributed by atoms with Gasteiger partial charge in [-0.1, -0.05) is 51.9 Å². The average molecular weight is 553 g/mol. The smallest absolute Gasteiger partial charge is 0.377 e. The Hall–Kier alpha value is 1.84. The van der Waals surface area contributed by atoms with Crippen LogP contribution >= 0.6 is 69.6 Å². The highest BCUT2D eigenvalue weighted by Crippen LogP contribution is 2.39. The van der Waals surface area contributed by atoms with Gasteiger partial charge in [0.15, 0.2) is 0 Å². The standard InChI is InChI=1S/C13H30O3Si.C6H6Cl6/c1-5-6-7-8-9-10-11-12-13-17(14-2,15-3)16-4;7-1-2(8)4(10)6(12)5(11)3(1)9/h5-13H2,1-4H3;1-6H/t;1-,2-,3-,4+,5+,6+. The van der Waals surface area contributed by atoms with Crippen molar-refractivity contribution in [2.24, 2.45) is 0 Å². The van der Waals surface area contributed by atoms with Gasteiger partial charge < -0.3 is 13.3 Å².